The minimum atomic E-state index is 0.447. The Hall–Kier alpha value is -1.62. The van der Waals surface area contributed by atoms with Crippen LogP contribution in [0, 0.1) is 0 Å². The molecule has 1 fully saturated rings. The lowest BCUT2D eigenvalue weighted by atomic mass is 10.1. The quantitative estimate of drug-likeness (QED) is 0.333. The molecule has 0 amide bonds. The fraction of sp³-hybridized carbons (Fsp3) is 0.684. The summed E-state index contributed by atoms with van der Waals surface area (Å²) in [5.74, 6) is 0.859. The SMILES string of the molecule is CCNC(=NCCOC1CCCCCC1)NCCc1ccccn1. The predicted molar refractivity (Wildman–Crippen MR) is 99.4 cm³/mol. The van der Waals surface area contributed by atoms with Gasteiger partial charge in [0.25, 0.3) is 0 Å². The topological polar surface area (TPSA) is 58.5 Å². The van der Waals surface area contributed by atoms with Gasteiger partial charge in [-0.2, -0.15) is 0 Å². The highest BCUT2D eigenvalue weighted by atomic mass is 16.5. The molecule has 5 heteroatoms. The average Bonchev–Trinajstić information content (AvgIpc) is 2.88. The first-order valence-electron chi connectivity index (χ1n) is 9.42. The Labute approximate surface area is 146 Å². The van der Waals surface area contributed by atoms with Crippen LogP contribution in [0.1, 0.15) is 51.1 Å². The molecule has 0 atom stereocenters. The standard InChI is InChI=1S/C19H32N4O/c1-2-20-19(22-14-12-17-9-7-8-13-21-17)23-15-16-24-18-10-5-3-4-6-11-18/h7-9,13,18H,2-6,10-12,14-16H2,1H3,(H2,20,22,23). The van der Waals surface area contributed by atoms with Crippen LogP contribution in [0.5, 0.6) is 0 Å². The smallest absolute Gasteiger partial charge is 0.191 e. The van der Waals surface area contributed by atoms with E-state index in [0.717, 1.165) is 31.2 Å². The van der Waals surface area contributed by atoms with Crippen molar-refractivity contribution in [1.82, 2.24) is 15.6 Å². The molecular formula is C19H32N4O. The minimum Gasteiger partial charge on any atom is -0.376 e. The van der Waals surface area contributed by atoms with E-state index in [-0.39, 0.29) is 0 Å². The number of pyridine rings is 1. The summed E-state index contributed by atoms with van der Waals surface area (Å²) in [5.41, 5.74) is 1.09. The van der Waals surface area contributed by atoms with E-state index in [9.17, 15) is 0 Å². The van der Waals surface area contributed by atoms with Crippen LogP contribution in [0.2, 0.25) is 0 Å². The molecule has 0 radical (unpaired) electrons. The van der Waals surface area contributed by atoms with E-state index in [2.05, 4.69) is 27.5 Å². The van der Waals surface area contributed by atoms with Gasteiger partial charge in [0.15, 0.2) is 5.96 Å². The van der Waals surface area contributed by atoms with Crippen LogP contribution < -0.4 is 10.6 Å². The summed E-state index contributed by atoms with van der Waals surface area (Å²) >= 11 is 0. The Morgan fingerprint density at radius 3 is 2.75 bits per heavy atom. The van der Waals surface area contributed by atoms with Crippen molar-refractivity contribution in [3.05, 3.63) is 30.1 Å². The van der Waals surface area contributed by atoms with Gasteiger partial charge >= 0.3 is 0 Å². The Morgan fingerprint density at radius 2 is 2.04 bits per heavy atom. The van der Waals surface area contributed by atoms with Crippen LogP contribution in [0.25, 0.3) is 0 Å². The molecule has 1 aromatic rings. The van der Waals surface area contributed by atoms with Crippen molar-refractivity contribution < 1.29 is 4.74 Å². The number of rotatable bonds is 8. The van der Waals surface area contributed by atoms with Crippen LogP contribution in [0.15, 0.2) is 29.4 Å². The van der Waals surface area contributed by atoms with Gasteiger partial charge in [0.2, 0.25) is 0 Å². The number of nitrogens with zero attached hydrogens (tertiary/aromatic N) is 2. The van der Waals surface area contributed by atoms with Crippen LogP contribution in [0.3, 0.4) is 0 Å². The zero-order chi connectivity index (χ0) is 16.9. The first-order valence-corrected chi connectivity index (χ1v) is 9.42. The molecule has 0 spiro atoms. The third-order valence-corrected chi connectivity index (χ3v) is 4.26. The normalized spacial score (nSPS) is 16.6. The fourth-order valence-electron chi connectivity index (χ4n) is 2.98. The van der Waals surface area contributed by atoms with E-state index < -0.39 is 0 Å². The van der Waals surface area contributed by atoms with Crippen molar-refractivity contribution >= 4 is 5.96 Å². The molecule has 2 N–H and O–H groups in total. The summed E-state index contributed by atoms with van der Waals surface area (Å²) in [6, 6.07) is 6.01. The van der Waals surface area contributed by atoms with E-state index in [4.69, 9.17) is 4.74 Å². The van der Waals surface area contributed by atoms with Gasteiger partial charge in [-0.25, -0.2) is 0 Å². The number of guanidine groups is 1. The molecule has 1 heterocycles. The zero-order valence-corrected chi connectivity index (χ0v) is 15.0. The summed E-state index contributed by atoms with van der Waals surface area (Å²) in [6.45, 7) is 5.18. The van der Waals surface area contributed by atoms with E-state index in [1.165, 1.54) is 38.5 Å². The average molecular weight is 332 g/mol. The Kier molecular flexibility index (Phi) is 9.24. The summed E-state index contributed by atoms with van der Waals surface area (Å²) in [4.78, 5) is 8.94. The summed E-state index contributed by atoms with van der Waals surface area (Å²) in [7, 11) is 0. The second-order valence-corrected chi connectivity index (χ2v) is 6.24. The molecule has 0 bridgehead atoms. The summed E-state index contributed by atoms with van der Waals surface area (Å²) < 4.78 is 5.99. The number of aromatic nitrogens is 1. The van der Waals surface area contributed by atoms with Gasteiger partial charge < -0.3 is 15.4 Å². The lowest BCUT2D eigenvalue weighted by Crippen LogP contribution is -2.38. The second-order valence-electron chi connectivity index (χ2n) is 6.24. The molecule has 1 saturated carbocycles. The third kappa shape index (κ3) is 7.77. The molecule has 1 aromatic heterocycles. The second kappa shape index (κ2) is 11.8. The van der Waals surface area contributed by atoms with Crippen molar-refractivity contribution in [2.24, 2.45) is 4.99 Å². The zero-order valence-electron chi connectivity index (χ0n) is 15.0. The molecule has 0 aliphatic heterocycles. The number of aliphatic imine (C=N–C) groups is 1. The number of nitrogens with one attached hydrogen (secondary N) is 2. The van der Waals surface area contributed by atoms with Crippen LogP contribution in [-0.2, 0) is 11.2 Å². The maximum absolute atomic E-state index is 5.99. The van der Waals surface area contributed by atoms with Crippen molar-refractivity contribution in [3.8, 4) is 0 Å². The van der Waals surface area contributed by atoms with E-state index >= 15 is 0 Å². The van der Waals surface area contributed by atoms with Crippen molar-refractivity contribution in [2.75, 3.05) is 26.2 Å². The van der Waals surface area contributed by atoms with Gasteiger partial charge in [-0.15, -0.1) is 0 Å². The molecule has 24 heavy (non-hydrogen) atoms. The maximum Gasteiger partial charge on any atom is 0.191 e. The summed E-state index contributed by atoms with van der Waals surface area (Å²) in [6.07, 6.45) is 11.0. The molecule has 0 unspecified atom stereocenters. The van der Waals surface area contributed by atoms with E-state index in [0.29, 0.717) is 19.3 Å². The maximum atomic E-state index is 5.99. The first kappa shape index (κ1) is 18.7. The fourth-order valence-corrected chi connectivity index (χ4v) is 2.98. The number of hydrogen-bond acceptors (Lipinski definition) is 3. The monoisotopic (exact) mass is 332 g/mol. The molecule has 134 valence electrons. The highest BCUT2D eigenvalue weighted by Crippen LogP contribution is 2.19. The van der Waals surface area contributed by atoms with Crippen molar-refractivity contribution in [1.29, 1.82) is 0 Å². The Morgan fingerprint density at radius 1 is 1.21 bits per heavy atom. The molecule has 1 aliphatic carbocycles. The predicted octanol–water partition coefficient (Wildman–Crippen LogP) is 2.92. The van der Waals surface area contributed by atoms with Gasteiger partial charge in [0, 0.05) is 31.4 Å². The highest BCUT2D eigenvalue weighted by molar-refractivity contribution is 5.79. The Bertz CT molecular complexity index is 456. The summed E-state index contributed by atoms with van der Waals surface area (Å²) in [5, 5.41) is 6.64. The number of hydrogen-bond donors (Lipinski definition) is 2. The van der Waals surface area contributed by atoms with Gasteiger partial charge in [-0.05, 0) is 31.9 Å². The minimum absolute atomic E-state index is 0.447. The number of ether oxygens (including phenoxy) is 1. The molecule has 0 saturated heterocycles. The largest absolute Gasteiger partial charge is 0.376 e. The Balaban J connectivity index is 1.65. The van der Waals surface area contributed by atoms with Crippen LogP contribution >= 0.6 is 0 Å². The lowest BCUT2D eigenvalue weighted by molar-refractivity contribution is 0.0487. The van der Waals surface area contributed by atoms with Gasteiger partial charge in [0.05, 0.1) is 19.3 Å². The van der Waals surface area contributed by atoms with Gasteiger partial charge in [-0.3, -0.25) is 9.98 Å². The van der Waals surface area contributed by atoms with Gasteiger partial charge in [0.1, 0.15) is 0 Å². The molecular weight excluding hydrogens is 300 g/mol. The molecule has 5 nitrogen and oxygen atoms in total. The van der Waals surface area contributed by atoms with Crippen molar-refractivity contribution in [3.63, 3.8) is 0 Å². The van der Waals surface area contributed by atoms with E-state index in [1.807, 2.05) is 24.4 Å². The highest BCUT2D eigenvalue weighted by Gasteiger charge is 2.11. The molecule has 2 rings (SSSR count). The van der Waals surface area contributed by atoms with Gasteiger partial charge in [-0.1, -0.05) is 31.7 Å². The molecule has 1 aliphatic rings. The van der Waals surface area contributed by atoms with Crippen molar-refractivity contribution in [2.45, 2.75) is 58.0 Å². The first-order chi connectivity index (χ1) is 11.9. The molecule has 0 aromatic carbocycles. The van der Waals surface area contributed by atoms with E-state index in [1.54, 1.807) is 0 Å². The van der Waals surface area contributed by atoms with Crippen LogP contribution in [-0.4, -0.2) is 43.3 Å². The lowest BCUT2D eigenvalue weighted by Gasteiger charge is -2.15. The third-order valence-electron chi connectivity index (χ3n) is 4.26. The van der Waals surface area contributed by atoms with Crippen LogP contribution in [0.4, 0.5) is 0 Å².